The number of carbonyl (C=O) groups is 23. The lowest BCUT2D eigenvalue weighted by atomic mass is 9.95. The molecule has 2 aromatic carbocycles. The molecule has 0 radical (unpaired) electrons. The molecule has 19 amide bonds. The minimum absolute atomic E-state index is 0.0439. The Morgan fingerprint density at radius 2 is 0.697 bits per heavy atom. The van der Waals surface area contributed by atoms with E-state index in [1.54, 1.807) is 19.9 Å². The number of aliphatic carboxylic acids is 4. The number of aliphatic hydroxyl groups is 2. The van der Waals surface area contributed by atoms with Gasteiger partial charge in [0.25, 0.3) is 0 Å². The summed E-state index contributed by atoms with van der Waals surface area (Å²) in [6, 6.07) is -13.3. The summed E-state index contributed by atoms with van der Waals surface area (Å²) < 4.78 is 0. The number of rotatable bonds is 63. The standard InChI is InChI=1S/C81H123N21O30/c1-8-39(5)65(79(129)89-41(7)67(117)92-47(24-27-61(111)112)70(120)88-34-59(109)90-50(30-43-18-20-44(105)21-19-43)73(123)99-55(37-104)81(131)132)102-77(127)53(32-62(113)114)91-60(110)35-87-69(119)46(17-13-14-28-82)94-71(121)48(22-25-56(84)106)95-74(124)51(29-42-15-11-10-12-16-42)96-76(126)54(33-63(115)116)97-75(125)52(31-58(86)108)98-78(128)64(38(3)4)100-80(130)66(40(6)9-2)101-72(122)49(23-26-57(85)107)93-68(118)45(83)36-103/h10-12,15-16,18-21,38-41,45-55,64-66,103-105H,8-9,13-14,17,22-37,82-83H2,1-7H3,(H2,84,106)(H2,85,107)(H2,86,108)(H,87,119)(H,88,120)(H,89,129)(H,90,109)(H,91,110)(H,92,117)(H,93,118)(H,94,121)(H,95,124)(H,96,126)(H,97,125)(H,98,128)(H,99,123)(H,100,130)(H,101,122)(H,102,127)(H,111,112)(H,113,114)(H,115,116)(H,131,132)/t39-,40-,41-,45-,46-,47-,48-,49-,50-,51-,52-,53-,54-,55-,64-,65-,66-/m0/s1. The number of aliphatic hydroxyl groups excluding tert-OH is 2. The number of aromatic hydroxyl groups is 1. The van der Waals surface area contributed by atoms with E-state index in [-0.39, 0.29) is 57.2 Å². The summed E-state index contributed by atoms with van der Waals surface area (Å²) in [6.07, 6.45) is -7.35. The van der Waals surface area contributed by atoms with Crippen molar-refractivity contribution in [3.05, 3.63) is 65.7 Å². The minimum Gasteiger partial charge on any atom is -0.508 e. The number of amides is 19. The molecule has 51 heteroatoms. The van der Waals surface area contributed by atoms with Crippen LogP contribution in [0.15, 0.2) is 54.6 Å². The van der Waals surface area contributed by atoms with E-state index in [2.05, 4.69) is 85.1 Å². The molecule has 732 valence electrons. The molecule has 51 nitrogen and oxygen atoms in total. The molecule has 0 unspecified atom stereocenters. The van der Waals surface area contributed by atoms with Crippen LogP contribution in [-0.4, -0.2) is 295 Å². The molecule has 0 aromatic heterocycles. The highest BCUT2D eigenvalue weighted by molar-refractivity contribution is 6.02. The first-order chi connectivity index (χ1) is 62.0. The first-order valence-electron chi connectivity index (χ1n) is 42.0. The van der Waals surface area contributed by atoms with Gasteiger partial charge in [-0.2, -0.15) is 0 Å². The number of unbranched alkanes of at least 4 members (excludes halogenated alkanes) is 1. The van der Waals surface area contributed by atoms with E-state index in [1.807, 2.05) is 0 Å². The Hall–Kier alpha value is -14.1. The zero-order valence-corrected chi connectivity index (χ0v) is 73.8. The maximum absolute atomic E-state index is 14.7. The lowest BCUT2D eigenvalue weighted by molar-refractivity contribution is -0.143. The van der Waals surface area contributed by atoms with E-state index < -0.39 is 329 Å². The summed E-state index contributed by atoms with van der Waals surface area (Å²) in [5.41, 5.74) is 28.3. The van der Waals surface area contributed by atoms with Gasteiger partial charge in [0, 0.05) is 32.1 Å². The van der Waals surface area contributed by atoms with Crippen LogP contribution in [0.4, 0.5) is 0 Å². The molecule has 0 fully saturated rings. The first kappa shape index (κ1) is 114. The quantitative estimate of drug-likeness (QED) is 0.0274. The van der Waals surface area contributed by atoms with Gasteiger partial charge >= 0.3 is 23.9 Å². The summed E-state index contributed by atoms with van der Waals surface area (Å²) in [6.45, 7) is 6.36. The van der Waals surface area contributed by atoms with Crippen molar-refractivity contribution in [1.29, 1.82) is 0 Å². The number of hydrogen-bond donors (Lipinski definition) is 28. The highest BCUT2D eigenvalue weighted by Crippen LogP contribution is 2.17. The fourth-order valence-corrected chi connectivity index (χ4v) is 12.3. The summed E-state index contributed by atoms with van der Waals surface area (Å²) >= 11 is 0. The van der Waals surface area contributed by atoms with Gasteiger partial charge < -0.3 is 149 Å². The molecule has 0 bridgehead atoms. The molecule has 0 spiro atoms. The van der Waals surface area contributed by atoms with Crippen LogP contribution in [0.2, 0.25) is 0 Å². The molecule has 2 rings (SSSR count). The van der Waals surface area contributed by atoms with E-state index in [4.69, 9.17) is 28.7 Å². The second kappa shape index (κ2) is 58.4. The van der Waals surface area contributed by atoms with Gasteiger partial charge in [-0.15, -0.1) is 0 Å². The summed E-state index contributed by atoms with van der Waals surface area (Å²) in [7, 11) is 0. The summed E-state index contributed by atoms with van der Waals surface area (Å²) in [4.78, 5) is 307. The third-order valence-corrected chi connectivity index (χ3v) is 20.3. The van der Waals surface area contributed by atoms with E-state index in [1.165, 1.54) is 76.2 Å². The third-order valence-electron chi connectivity index (χ3n) is 20.3. The maximum Gasteiger partial charge on any atom is 0.328 e. The Kier molecular flexibility index (Phi) is 50.5. The third kappa shape index (κ3) is 42.4. The topological polar surface area (TPSA) is 857 Å². The first-order valence-corrected chi connectivity index (χ1v) is 42.0. The van der Waals surface area contributed by atoms with Crippen LogP contribution in [-0.2, 0) is 123 Å². The smallest absolute Gasteiger partial charge is 0.328 e. The van der Waals surface area contributed by atoms with Crippen LogP contribution in [0, 0.1) is 17.8 Å². The summed E-state index contributed by atoms with van der Waals surface area (Å²) in [5.74, 6) is -31.0. The number of carboxylic acid groups (broad SMARTS) is 4. The van der Waals surface area contributed by atoms with Crippen molar-refractivity contribution in [2.45, 2.75) is 242 Å². The van der Waals surface area contributed by atoms with Gasteiger partial charge in [-0.1, -0.05) is 96.8 Å². The monoisotopic (exact) mass is 1870 g/mol. The Morgan fingerprint density at radius 3 is 1.14 bits per heavy atom. The zero-order chi connectivity index (χ0) is 99.9. The number of carboxylic acids is 4. The molecule has 0 heterocycles. The number of primary amides is 3. The van der Waals surface area contributed by atoms with Gasteiger partial charge in [0.05, 0.1) is 45.6 Å². The Bertz CT molecular complexity index is 4370. The SMILES string of the molecule is CC[C@H](C)[C@H](NC(=O)[C@H](CC(=O)O)NC(=O)CNC(=O)[C@H](CCCCN)NC(=O)[C@H](CCC(N)=O)NC(=O)[C@H](Cc1ccccc1)NC(=O)[C@H](CC(=O)O)NC(=O)[C@H](CC(N)=O)NC(=O)[C@@H](NC(=O)[C@@H](NC(=O)[C@H](CCC(N)=O)NC(=O)[C@@H](N)CO)[C@@H](C)CC)C(C)C)C(=O)N[C@@H](C)C(=O)N[C@@H](CCC(=O)O)C(=O)NCC(=O)N[C@@H](Cc1ccc(O)cc1)C(=O)N[C@@H](CO)C(=O)O. The van der Waals surface area contributed by atoms with Gasteiger partial charge in [0.1, 0.15) is 96.4 Å². The van der Waals surface area contributed by atoms with Crippen LogP contribution in [0.1, 0.15) is 149 Å². The van der Waals surface area contributed by atoms with Crippen molar-refractivity contribution in [3.63, 3.8) is 0 Å². The minimum atomic E-state index is -2.19. The highest BCUT2D eigenvalue weighted by atomic mass is 16.4. The predicted octanol–water partition coefficient (Wildman–Crippen LogP) is -10.3. The van der Waals surface area contributed by atoms with Gasteiger partial charge in [-0.05, 0) is 93.0 Å². The number of nitrogens with one attached hydrogen (secondary N) is 16. The number of phenolic OH excluding ortho intramolecular Hbond substituents is 1. The van der Waals surface area contributed by atoms with Crippen LogP contribution >= 0.6 is 0 Å². The fraction of sp³-hybridized carbons (Fsp3) is 0.568. The predicted molar refractivity (Wildman–Crippen MR) is 459 cm³/mol. The Labute approximate surface area is 756 Å². The maximum atomic E-state index is 14.7. The second-order valence-corrected chi connectivity index (χ2v) is 31.3. The van der Waals surface area contributed by atoms with E-state index in [0.29, 0.717) is 11.1 Å². The molecule has 132 heavy (non-hydrogen) atoms. The van der Waals surface area contributed by atoms with Crippen molar-refractivity contribution in [3.8, 4) is 5.75 Å². The number of carbonyl (C=O) groups excluding carboxylic acids is 19. The van der Waals surface area contributed by atoms with Crippen molar-refractivity contribution < 1.29 is 146 Å². The number of nitrogens with two attached hydrogens (primary N) is 5. The van der Waals surface area contributed by atoms with Crippen molar-refractivity contribution in [2.24, 2.45) is 46.4 Å². The number of phenols is 1. The highest BCUT2D eigenvalue weighted by Gasteiger charge is 2.41. The molecule has 2 aromatic rings. The average Bonchev–Trinajstić information content (AvgIpc) is 0.856. The molecule has 0 saturated heterocycles. The lowest BCUT2D eigenvalue weighted by Gasteiger charge is -2.30. The zero-order valence-electron chi connectivity index (χ0n) is 73.8. The molecule has 17 atom stereocenters. The van der Waals surface area contributed by atoms with Crippen molar-refractivity contribution in [2.75, 3.05) is 32.8 Å². The van der Waals surface area contributed by atoms with Gasteiger partial charge in [0.2, 0.25) is 112 Å². The van der Waals surface area contributed by atoms with Crippen LogP contribution in [0.25, 0.3) is 0 Å². The van der Waals surface area contributed by atoms with Crippen molar-refractivity contribution in [1.82, 2.24) is 85.1 Å². The largest absolute Gasteiger partial charge is 0.508 e. The van der Waals surface area contributed by atoms with Crippen molar-refractivity contribution >= 4 is 136 Å². The van der Waals surface area contributed by atoms with Gasteiger partial charge in [-0.3, -0.25) is 105 Å². The number of hydrogen-bond acceptors (Lipinski definition) is 28. The van der Waals surface area contributed by atoms with E-state index in [0.717, 1.165) is 6.92 Å². The molecule has 0 aliphatic rings. The molecule has 0 aliphatic carbocycles. The van der Waals surface area contributed by atoms with Gasteiger partial charge in [-0.25, -0.2) is 4.79 Å². The van der Waals surface area contributed by atoms with Gasteiger partial charge in [0.15, 0.2) is 0 Å². The Morgan fingerprint density at radius 1 is 0.341 bits per heavy atom. The normalized spacial score (nSPS) is 14.8. The lowest BCUT2D eigenvalue weighted by Crippen LogP contribution is -2.62. The van der Waals surface area contributed by atoms with E-state index >= 15 is 0 Å². The van der Waals surface area contributed by atoms with Crippen LogP contribution in [0.3, 0.4) is 0 Å². The number of benzene rings is 2. The van der Waals surface area contributed by atoms with Crippen LogP contribution < -0.4 is 114 Å². The Balaban J connectivity index is 2.45. The molecular formula is C81H123N21O30. The molecule has 0 aliphatic heterocycles. The van der Waals surface area contributed by atoms with E-state index in [9.17, 15) is 146 Å². The summed E-state index contributed by atoms with van der Waals surface area (Å²) in [5, 5.41) is 104. The molecule has 33 N–H and O–H groups in total. The van der Waals surface area contributed by atoms with Crippen LogP contribution in [0.5, 0.6) is 5.75 Å². The fourth-order valence-electron chi connectivity index (χ4n) is 12.3. The second-order valence-electron chi connectivity index (χ2n) is 31.3. The molecule has 0 saturated carbocycles. The molecular weight excluding hydrogens is 1750 g/mol. The average molecular weight is 1870 g/mol.